The first-order valence-corrected chi connectivity index (χ1v) is 6.28. The second kappa shape index (κ2) is 6.42. The summed E-state index contributed by atoms with van der Waals surface area (Å²) in [6.45, 7) is 9.58. The van der Waals surface area contributed by atoms with E-state index in [1.807, 2.05) is 10.8 Å². The van der Waals surface area contributed by atoms with Crippen molar-refractivity contribution in [2.24, 2.45) is 5.92 Å². The SMILES string of the molecule is CC(C)CCNC(=O)Cn1ccnc1C(C)C. The van der Waals surface area contributed by atoms with Crippen LogP contribution in [0, 0.1) is 5.92 Å². The number of carbonyl (C=O) groups is 1. The lowest BCUT2D eigenvalue weighted by Crippen LogP contribution is -2.29. The van der Waals surface area contributed by atoms with Crippen LogP contribution in [0.25, 0.3) is 0 Å². The van der Waals surface area contributed by atoms with Gasteiger partial charge in [0.25, 0.3) is 0 Å². The fraction of sp³-hybridized carbons (Fsp3) is 0.692. The molecule has 1 heterocycles. The first-order valence-electron chi connectivity index (χ1n) is 6.28. The molecule has 1 rings (SSSR count). The Morgan fingerprint density at radius 1 is 1.41 bits per heavy atom. The number of imidazole rings is 1. The summed E-state index contributed by atoms with van der Waals surface area (Å²) in [6, 6.07) is 0. The van der Waals surface area contributed by atoms with Crippen molar-refractivity contribution in [3.8, 4) is 0 Å². The first kappa shape index (κ1) is 13.7. The van der Waals surface area contributed by atoms with Crippen LogP contribution in [0.5, 0.6) is 0 Å². The Morgan fingerprint density at radius 2 is 2.12 bits per heavy atom. The van der Waals surface area contributed by atoms with E-state index in [0.717, 1.165) is 18.8 Å². The van der Waals surface area contributed by atoms with Crippen LogP contribution in [0.15, 0.2) is 12.4 Å². The van der Waals surface area contributed by atoms with Crippen molar-refractivity contribution in [1.82, 2.24) is 14.9 Å². The van der Waals surface area contributed by atoms with Gasteiger partial charge in [-0.05, 0) is 12.3 Å². The molecule has 1 aromatic rings. The van der Waals surface area contributed by atoms with E-state index in [-0.39, 0.29) is 5.91 Å². The molecule has 0 unspecified atom stereocenters. The van der Waals surface area contributed by atoms with E-state index < -0.39 is 0 Å². The molecule has 4 nitrogen and oxygen atoms in total. The van der Waals surface area contributed by atoms with Gasteiger partial charge < -0.3 is 9.88 Å². The van der Waals surface area contributed by atoms with Crippen LogP contribution in [0.1, 0.15) is 45.9 Å². The van der Waals surface area contributed by atoms with Gasteiger partial charge in [-0.1, -0.05) is 27.7 Å². The maximum Gasteiger partial charge on any atom is 0.239 e. The minimum atomic E-state index is 0.0607. The zero-order valence-corrected chi connectivity index (χ0v) is 11.2. The van der Waals surface area contributed by atoms with Gasteiger partial charge in [-0.25, -0.2) is 4.98 Å². The molecule has 1 amide bonds. The zero-order chi connectivity index (χ0) is 12.8. The minimum absolute atomic E-state index is 0.0607. The Hall–Kier alpha value is -1.32. The van der Waals surface area contributed by atoms with E-state index in [1.165, 1.54) is 0 Å². The molecule has 0 aliphatic heterocycles. The van der Waals surface area contributed by atoms with Crippen LogP contribution in [-0.2, 0) is 11.3 Å². The molecule has 0 bridgehead atoms. The fourth-order valence-electron chi connectivity index (χ4n) is 1.67. The Morgan fingerprint density at radius 3 is 2.71 bits per heavy atom. The second-order valence-electron chi connectivity index (χ2n) is 5.10. The van der Waals surface area contributed by atoms with Crippen molar-refractivity contribution in [1.29, 1.82) is 0 Å². The standard InChI is InChI=1S/C13H23N3O/c1-10(2)5-6-14-12(17)9-16-8-7-15-13(16)11(3)4/h7-8,10-11H,5-6,9H2,1-4H3,(H,14,17). The molecule has 0 fully saturated rings. The van der Waals surface area contributed by atoms with Crippen molar-refractivity contribution < 1.29 is 4.79 Å². The molecule has 0 atom stereocenters. The lowest BCUT2D eigenvalue weighted by molar-refractivity contribution is -0.121. The summed E-state index contributed by atoms with van der Waals surface area (Å²) in [5.74, 6) is 1.98. The van der Waals surface area contributed by atoms with Crippen LogP contribution in [0.4, 0.5) is 0 Å². The molecule has 0 saturated carbocycles. The normalized spacial score (nSPS) is 11.2. The predicted octanol–water partition coefficient (Wildman–Crippen LogP) is 2.17. The van der Waals surface area contributed by atoms with Gasteiger partial charge in [0.05, 0.1) is 0 Å². The third-order valence-electron chi connectivity index (χ3n) is 2.62. The van der Waals surface area contributed by atoms with Gasteiger partial charge in [0, 0.05) is 24.9 Å². The maximum absolute atomic E-state index is 11.7. The Bertz CT molecular complexity index is 355. The molecule has 0 aromatic carbocycles. The fourth-order valence-corrected chi connectivity index (χ4v) is 1.67. The van der Waals surface area contributed by atoms with Crippen molar-refractivity contribution >= 4 is 5.91 Å². The van der Waals surface area contributed by atoms with Crippen LogP contribution >= 0.6 is 0 Å². The lowest BCUT2D eigenvalue weighted by atomic mass is 10.1. The van der Waals surface area contributed by atoms with E-state index >= 15 is 0 Å². The van der Waals surface area contributed by atoms with Crippen LogP contribution in [0.3, 0.4) is 0 Å². The lowest BCUT2D eigenvalue weighted by Gasteiger charge is -2.11. The summed E-state index contributed by atoms with van der Waals surface area (Å²) in [7, 11) is 0. The largest absolute Gasteiger partial charge is 0.355 e. The third kappa shape index (κ3) is 4.59. The molecule has 0 aliphatic carbocycles. The molecule has 1 N–H and O–H groups in total. The zero-order valence-electron chi connectivity index (χ0n) is 11.2. The molecule has 0 radical (unpaired) electrons. The van der Waals surface area contributed by atoms with Crippen molar-refractivity contribution in [2.45, 2.75) is 46.6 Å². The third-order valence-corrected chi connectivity index (χ3v) is 2.62. The van der Waals surface area contributed by atoms with Gasteiger partial charge in [0.15, 0.2) is 0 Å². The highest BCUT2D eigenvalue weighted by Gasteiger charge is 2.10. The number of aromatic nitrogens is 2. The Labute approximate surface area is 103 Å². The van der Waals surface area contributed by atoms with Gasteiger partial charge in [0.1, 0.15) is 12.4 Å². The maximum atomic E-state index is 11.7. The Kier molecular flexibility index (Phi) is 5.19. The van der Waals surface area contributed by atoms with E-state index in [9.17, 15) is 4.79 Å². The average molecular weight is 237 g/mol. The van der Waals surface area contributed by atoms with E-state index in [2.05, 4.69) is 38.0 Å². The van der Waals surface area contributed by atoms with E-state index in [0.29, 0.717) is 18.4 Å². The number of rotatable bonds is 6. The van der Waals surface area contributed by atoms with Gasteiger partial charge in [-0.2, -0.15) is 0 Å². The summed E-state index contributed by atoms with van der Waals surface area (Å²) >= 11 is 0. The number of nitrogens with one attached hydrogen (secondary N) is 1. The highest BCUT2D eigenvalue weighted by atomic mass is 16.1. The summed E-state index contributed by atoms with van der Waals surface area (Å²) in [4.78, 5) is 16.0. The highest BCUT2D eigenvalue weighted by Crippen LogP contribution is 2.11. The summed E-state index contributed by atoms with van der Waals surface area (Å²) in [6.07, 6.45) is 4.63. The summed E-state index contributed by atoms with van der Waals surface area (Å²) < 4.78 is 1.91. The smallest absolute Gasteiger partial charge is 0.239 e. The monoisotopic (exact) mass is 237 g/mol. The molecular weight excluding hydrogens is 214 g/mol. The number of hydrogen-bond acceptors (Lipinski definition) is 2. The quantitative estimate of drug-likeness (QED) is 0.824. The number of hydrogen-bond donors (Lipinski definition) is 1. The predicted molar refractivity (Wildman–Crippen MR) is 68.8 cm³/mol. The average Bonchev–Trinajstić information content (AvgIpc) is 2.65. The molecule has 17 heavy (non-hydrogen) atoms. The van der Waals surface area contributed by atoms with Gasteiger partial charge in [-0.3, -0.25) is 4.79 Å². The molecular formula is C13H23N3O. The molecule has 96 valence electrons. The molecule has 4 heteroatoms. The van der Waals surface area contributed by atoms with Crippen molar-refractivity contribution in [3.63, 3.8) is 0 Å². The highest BCUT2D eigenvalue weighted by molar-refractivity contribution is 5.75. The topological polar surface area (TPSA) is 46.9 Å². The Balaban J connectivity index is 2.42. The number of carbonyl (C=O) groups excluding carboxylic acids is 1. The minimum Gasteiger partial charge on any atom is -0.355 e. The molecule has 0 saturated heterocycles. The summed E-state index contributed by atoms with van der Waals surface area (Å²) in [5.41, 5.74) is 0. The molecule has 0 aliphatic rings. The van der Waals surface area contributed by atoms with E-state index in [1.54, 1.807) is 6.20 Å². The number of amides is 1. The van der Waals surface area contributed by atoms with Gasteiger partial charge >= 0.3 is 0 Å². The van der Waals surface area contributed by atoms with Gasteiger partial charge in [-0.15, -0.1) is 0 Å². The van der Waals surface area contributed by atoms with Gasteiger partial charge in [0.2, 0.25) is 5.91 Å². The van der Waals surface area contributed by atoms with Crippen molar-refractivity contribution in [2.75, 3.05) is 6.54 Å². The van der Waals surface area contributed by atoms with E-state index in [4.69, 9.17) is 0 Å². The van der Waals surface area contributed by atoms with Crippen LogP contribution < -0.4 is 5.32 Å². The number of nitrogens with zero attached hydrogens (tertiary/aromatic N) is 2. The van der Waals surface area contributed by atoms with Crippen LogP contribution in [0.2, 0.25) is 0 Å². The first-order chi connectivity index (χ1) is 8.00. The second-order valence-corrected chi connectivity index (χ2v) is 5.10. The molecule has 1 aromatic heterocycles. The summed E-state index contributed by atoms with van der Waals surface area (Å²) in [5, 5.41) is 2.93. The molecule has 0 spiro atoms. The van der Waals surface area contributed by atoms with Crippen molar-refractivity contribution in [3.05, 3.63) is 18.2 Å². The van der Waals surface area contributed by atoms with Crippen LogP contribution in [-0.4, -0.2) is 22.0 Å².